The molecule has 1 atom stereocenters. The third-order valence-corrected chi connectivity index (χ3v) is 4.63. The van der Waals surface area contributed by atoms with E-state index in [1.807, 2.05) is 43.3 Å². The van der Waals surface area contributed by atoms with Crippen LogP contribution >= 0.6 is 11.3 Å². The summed E-state index contributed by atoms with van der Waals surface area (Å²) in [6.45, 7) is 3.25. The van der Waals surface area contributed by atoms with Crippen molar-refractivity contribution in [2.24, 2.45) is 0 Å². The summed E-state index contributed by atoms with van der Waals surface area (Å²) in [5.41, 5.74) is 4.56. The standard InChI is InChI=1S/C19H20N2O2S/c1-14(15-6-3-2-4-7-15)23-11-5-10-20-19(22)16-8-9-17-18(12-16)24-13-21-17/h2-4,6-9,12-14H,5,10-11H2,1H3,(H,20,22)/t14-/m1/s1. The minimum atomic E-state index is -0.0543. The van der Waals surface area contributed by atoms with Crippen LogP contribution in [0.1, 0.15) is 35.4 Å². The number of rotatable bonds is 7. The molecular formula is C19H20N2O2S. The van der Waals surface area contributed by atoms with E-state index in [9.17, 15) is 4.79 Å². The van der Waals surface area contributed by atoms with Crippen LogP contribution in [0, 0.1) is 0 Å². The van der Waals surface area contributed by atoms with Gasteiger partial charge in [-0.05, 0) is 37.1 Å². The Bertz CT molecular complexity index is 801. The first-order valence-electron chi connectivity index (χ1n) is 8.02. The normalized spacial score (nSPS) is 12.2. The highest BCUT2D eigenvalue weighted by atomic mass is 32.1. The van der Waals surface area contributed by atoms with E-state index in [4.69, 9.17) is 4.74 Å². The number of carbonyl (C=O) groups is 1. The number of amides is 1. The van der Waals surface area contributed by atoms with E-state index < -0.39 is 0 Å². The maximum Gasteiger partial charge on any atom is 0.251 e. The fourth-order valence-electron chi connectivity index (χ4n) is 2.45. The quantitative estimate of drug-likeness (QED) is 0.656. The van der Waals surface area contributed by atoms with Crippen LogP contribution in [0.3, 0.4) is 0 Å². The Morgan fingerprint density at radius 3 is 2.92 bits per heavy atom. The van der Waals surface area contributed by atoms with Crippen molar-refractivity contribution in [1.82, 2.24) is 10.3 Å². The summed E-state index contributed by atoms with van der Waals surface area (Å²) < 4.78 is 6.84. The predicted octanol–water partition coefficient (Wildman–Crippen LogP) is 4.19. The van der Waals surface area contributed by atoms with Gasteiger partial charge in [0.05, 0.1) is 21.8 Å². The van der Waals surface area contributed by atoms with E-state index in [0.29, 0.717) is 18.7 Å². The second-order valence-corrected chi connectivity index (χ2v) is 6.45. The first-order chi connectivity index (χ1) is 11.7. The summed E-state index contributed by atoms with van der Waals surface area (Å²) in [4.78, 5) is 16.4. The van der Waals surface area contributed by atoms with Gasteiger partial charge in [0.25, 0.3) is 5.91 Å². The second kappa shape index (κ2) is 8.04. The van der Waals surface area contributed by atoms with Gasteiger partial charge >= 0.3 is 0 Å². The highest BCUT2D eigenvalue weighted by molar-refractivity contribution is 7.16. The smallest absolute Gasteiger partial charge is 0.251 e. The molecule has 1 heterocycles. The summed E-state index contributed by atoms with van der Waals surface area (Å²) in [6, 6.07) is 15.7. The SMILES string of the molecule is C[C@@H](OCCCNC(=O)c1ccc2ncsc2c1)c1ccccc1. The molecule has 0 aliphatic rings. The molecule has 0 radical (unpaired) electrons. The number of hydrogen-bond donors (Lipinski definition) is 1. The zero-order valence-electron chi connectivity index (χ0n) is 13.6. The zero-order valence-corrected chi connectivity index (χ0v) is 14.4. The number of aromatic nitrogens is 1. The topological polar surface area (TPSA) is 51.2 Å². The molecule has 1 N–H and O–H groups in total. The number of fused-ring (bicyclic) bond motifs is 1. The molecule has 0 aliphatic carbocycles. The molecule has 0 unspecified atom stereocenters. The third-order valence-electron chi connectivity index (χ3n) is 3.84. The summed E-state index contributed by atoms with van der Waals surface area (Å²) in [5, 5.41) is 2.93. The van der Waals surface area contributed by atoms with Gasteiger partial charge in [0.1, 0.15) is 0 Å². The molecule has 1 aromatic heterocycles. The maximum absolute atomic E-state index is 12.2. The van der Waals surface area contributed by atoms with Crippen LogP contribution in [-0.2, 0) is 4.74 Å². The van der Waals surface area contributed by atoms with Gasteiger partial charge < -0.3 is 10.1 Å². The number of benzene rings is 2. The van der Waals surface area contributed by atoms with Crippen LogP contribution in [0.2, 0.25) is 0 Å². The van der Waals surface area contributed by atoms with E-state index in [1.165, 1.54) is 5.56 Å². The number of ether oxygens (including phenoxy) is 1. The van der Waals surface area contributed by atoms with Crippen LogP contribution in [0.4, 0.5) is 0 Å². The lowest BCUT2D eigenvalue weighted by atomic mass is 10.1. The van der Waals surface area contributed by atoms with Gasteiger partial charge in [-0.15, -0.1) is 11.3 Å². The summed E-state index contributed by atoms with van der Waals surface area (Å²) in [5.74, 6) is -0.0543. The zero-order chi connectivity index (χ0) is 16.8. The monoisotopic (exact) mass is 340 g/mol. The molecule has 0 saturated carbocycles. The average molecular weight is 340 g/mol. The number of carbonyl (C=O) groups excluding carboxylic acids is 1. The lowest BCUT2D eigenvalue weighted by molar-refractivity contribution is 0.0635. The van der Waals surface area contributed by atoms with Crippen LogP contribution in [0.25, 0.3) is 10.2 Å². The first-order valence-corrected chi connectivity index (χ1v) is 8.90. The van der Waals surface area contributed by atoms with Crippen LogP contribution in [0.15, 0.2) is 54.0 Å². The Hall–Kier alpha value is -2.24. The van der Waals surface area contributed by atoms with E-state index in [2.05, 4.69) is 22.4 Å². The Kier molecular flexibility index (Phi) is 5.56. The van der Waals surface area contributed by atoms with Crippen molar-refractivity contribution in [3.8, 4) is 0 Å². The Labute approximate surface area is 145 Å². The lowest BCUT2D eigenvalue weighted by Crippen LogP contribution is -2.25. The Balaban J connectivity index is 1.40. The number of hydrogen-bond acceptors (Lipinski definition) is 4. The Morgan fingerprint density at radius 2 is 2.08 bits per heavy atom. The number of thiazole rings is 1. The minimum absolute atomic E-state index is 0.0543. The molecule has 0 saturated heterocycles. The van der Waals surface area contributed by atoms with Crippen molar-refractivity contribution in [3.05, 3.63) is 65.2 Å². The van der Waals surface area contributed by atoms with Crippen molar-refractivity contribution in [3.63, 3.8) is 0 Å². The van der Waals surface area contributed by atoms with E-state index in [1.54, 1.807) is 16.8 Å². The summed E-state index contributed by atoms with van der Waals surface area (Å²) in [6.07, 6.45) is 0.849. The fourth-order valence-corrected chi connectivity index (χ4v) is 3.17. The van der Waals surface area contributed by atoms with Crippen LogP contribution < -0.4 is 5.32 Å². The van der Waals surface area contributed by atoms with Crippen LogP contribution in [0.5, 0.6) is 0 Å². The minimum Gasteiger partial charge on any atom is -0.374 e. The molecule has 5 heteroatoms. The molecule has 0 spiro atoms. The molecular weight excluding hydrogens is 320 g/mol. The van der Waals surface area contributed by atoms with Crippen molar-refractivity contribution in [1.29, 1.82) is 0 Å². The van der Waals surface area contributed by atoms with Crippen molar-refractivity contribution >= 4 is 27.5 Å². The molecule has 2 aromatic carbocycles. The van der Waals surface area contributed by atoms with Gasteiger partial charge in [0, 0.05) is 18.7 Å². The highest BCUT2D eigenvalue weighted by Gasteiger charge is 2.08. The van der Waals surface area contributed by atoms with Gasteiger partial charge in [0.2, 0.25) is 0 Å². The van der Waals surface area contributed by atoms with Gasteiger partial charge in [-0.1, -0.05) is 30.3 Å². The largest absolute Gasteiger partial charge is 0.374 e. The predicted molar refractivity (Wildman–Crippen MR) is 97.4 cm³/mol. The molecule has 0 fully saturated rings. The highest BCUT2D eigenvalue weighted by Crippen LogP contribution is 2.19. The molecule has 3 aromatic rings. The summed E-state index contributed by atoms with van der Waals surface area (Å²) >= 11 is 1.54. The fraction of sp³-hybridized carbons (Fsp3) is 0.263. The Morgan fingerprint density at radius 1 is 1.25 bits per heavy atom. The average Bonchev–Trinajstić information content (AvgIpc) is 3.09. The second-order valence-electron chi connectivity index (χ2n) is 5.57. The van der Waals surface area contributed by atoms with Crippen molar-refractivity contribution in [2.75, 3.05) is 13.2 Å². The van der Waals surface area contributed by atoms with E-state index in [0.717, 1.165) is 16.6 Å². The van der Waals surface area contributed by atoms with Crippen LogP contribution in [-0.4, -0.2) is 24.0 Å². The molecule has 124 valence electrons. The number of nitrogens with zero attached hydrogens (tertiary/aromatic N) is 1. The van der Waals surface area contributed by atoms with Gasteiger partial charge in [-0.2, -0.15) is 0 Å². The van der Waals surface area contributed by atoms with E-state index in [-0.39, 0.29) is 12.0 Å². The molecule has 4 nitrogen and oxygen atoms in total. The molecule has 0 aliphatic heterocycles. The molecule has 24 heavy (non-hydrogen) atoms. The van der Waals surface area contributed by atoms with Crippen molar-refractivity contribution in [2.45, 2.75) is 19.4 Å². The maximum atomic E-state index is 12.2. The van der Waals surface area contributed by atoms with Crippen molar-refractivity contribution < 1.29 is 9.53 Å². The van der Waals surface area contributed by atoms with Gasteiger partial charge in [0.15, 0.2) is 0 Å². The molecule has 0 bridgehead atoms. The lowest BCUT2D eigenvalue weighted by Gasteiger charge is -2.13. The number of nitrogens with one attached hydrogen (secondary N) is 1. The van der Waals surface area contributed by atoms with Gasteiger partial charge in [-0.3, -0.25) is 4.79 Å². The van der Waals surface area contributed by atoms with E-state index >= 15 is 0 Å². The molecule has 3 rings (SSSR count). The first kappa shape index (κ1) is 16.6. The summed E-state index contributed by atoms with van der Waals surface area (Å²) in [7, 11) is 0. The third kappa shape index (κ3) is 4.19. The molecule has 1 amide bonds. The van der Waals surface area contributed by atoms with Gasteiger partial charge in [-0.25, -0.2) is 4.98 Å².